The molecular formula is C19H29IN4OS. The van der Waals surface area contributed by atoms with E-state index >= 15 is 0 Å². The summed E-state index contributed by atoms with van der Waals surface area (Å²) in [6.07, 6.45) is 0.904. The molecule has 2 aromatic rings. The number of aromatic nitrogens is 1. The minimum Gasteiger partial charge on any atom is -0.377 e. The molecule has 1 aromatic carbocycles. The highest BCUT2D eigenvalue weighted by Gasteiger charge is 2.01. The molecule has 1 aromatic heterocycles. The monoisotopic (exact) mass is 488 g/mol. The second kappa shape index (κ2) is 13.1. The molecule has 0 aliphatic heterocycles. The second-order valence-electron chi connectivity index (χ2n) is 5.68. The summed E-state index contributed by atoms with van der Waals surface area (Å²) in [5, 5.41) is 9.89. The molecule has 5 nitrogen and oxygen atoms in total. The van der Waals surface area contributed by atoms with Gasteiger partial charge in [0.05, 0.1) is 23.9 Å². The van der Waals surface area contributed by atoms with Crippen molar-refractivity contribution in [2.45, 2.75) is 40.3 Å². The van der Waals surface area contributed by atoms with E-state index in [1.54, 1.807) is 11.3 Å². The van der Waals surface area contributed by atoms with Gasteiger partial charge in [-0.1, -0.05) is 24.3 Å². The SMILES string of the molecule is CCNC(=NCc1ccc(COCC)cc1)NCCc1csc(C)n1.I. The fourth-order valence-corrected chi connectivity index (χ4v) is 2.95. The van der Waals surface area contributed by atoms with Gasteiger partial charge in [-0.3, -0.25) is 0 Å². The van der Waals surface area contributed by atoms with Crippen molar-refractivity contribution in [3.8, 4) is 0 Å². The molecule has 0 saturated carbocycles. The predicted octanol–water partition coefficient (Wildman–Crippen LogP) is 3.90. The summed E-state index contributed by atoms with van der Waals surface area (Å²) in [5.74, 6) is 0.841. The molecule has 7 heteroatoms. The lowest BCUT2D eigenvalue weighted by atomic mass is 10.1. The predicted molar refractivity (Wildman–Crippen MR) is 121 cm³/mol. The van der Waals surface area contributed by atoms with Crippen LogP contribution in [0, 0.1) is 6.92 Å². The van der Waals surface area contributed by atoms with Crippen molar-refractivity contribution in [1.82, 2.24) is 15.6 Å². The maximum Gasteiger partial charge on any atom is 0.191 e. The maximum absolute atomic E-state index is 5.42. The molecule has 0 amide bonds. The smallest absolute Gasteiger partial charge is 0.191 e. The van der Waals surface area contributed by atoms with Crippen LogP contribution in [-0.4, -0.2) is 30.6 Å². The number of hydrogen-bond donors (Lipinski definition) is 2. The zero-order valence-corrected chi connectivity index (χ0v) is 18.9. The Balaban J connectivity index is 0.00000338. The Kier molecular flexibility index (Phi) is 11.5. The summed E-state index contributed by atoms with van der Waals surface area (Å²) in [6.45, 7) is 9.84. The minimum absolute atomic E-state index is 0. The minimum atomic E-state index is 0. The first kappa shape index (κ1) is 22.9. The Bertz CT molecular complexity index is 658. The Labute approximate surface area is 177 Å². The van der Waals surface area contributed by atoms with Gasteiger partial charge in [-0.25, -0.2) is 9.98 Å². The van der Waals surface area contributed by atoms with E-state index in [1.165, 1.54) is 11.1 Å². The third-order valence-corrected chi connectivity index (χ3v) is 4.42. The number of nitrogens with one attached hydrogen (secondary N) is 2. The largest absolute Gasteiger partial charge is 0.377 e. The summed E-state index contributed by atoms with van der Waals surface area (Å²) in [7, 11) is 0. The Morgan fingerprint density at radius 2 is 1.88 bits per heavy atom. The number of guanidine groups is 1. The van der Waals surface area contributed by atoms with Gasteiger partial charge < -0.3 is 15.4 Å². The van der Waals surface area contributed by atoms with Crippen molar-refractivity contribution in [3.05, 3.63) is 51.5 Å². The van der Waals surface area contributed by atoms with Gasteiger partial charge in [-0.2, -0.15) is 0 Å². The van der Waals surface area contributed by atoms with Gasteiger partial charge >= 0.3 is 0 Å². The molecule has 26 heavy (non-hydrogen) atoms. The fourth-order valence-electron chi connectivity index (χ4n) is 2.30. The number of nitrogens with zero attached hydrogens (tertiary/aromatic N) is 2. The van der Waals surface area contributed by atoms with Gasteiger partial charge in [0.15, 0.2) is 5.96 Å². The van der Waals surface area contributed by atoms with Crippen molar-refractivity contribution in [2.24, 2.45) is 4.99 Å². The highest BCUT2D eigenvalue weighted by Crippen LogP contribution is 2.08. The summed E-state index contributed by atoms with van der Waals surface area (Å²) in [4.78, 5) is 9.14. The number of rotatable bonds is 9. The second-order valence-corrected chi connectivity index (χ2v) is 6.75. The maximum atomic E-state index is 5.42. The van der Waals surface area contributed by atoms with Crippen LogP contribution in [0.4, 0.5) is 0 Å². The third kappa shape index (κ3) is 8.46. The summed E-state index contributed by atoms with van der Waals surface area (Å²) in [5.41, 5.74) is 3.52. The third-order valence-electron chi connectivity index (χ3n) is 3.60. The van der Waals surface area contributed by atoms with Crippen LogP contribution >= 0.6 is 35.3 Å². The van der Waals surface area contributed by atoms with Crippen LogP contribution in [0.25, 0.3) is 0 Å². The van der Waals surface area contributed by atoms with Crippen LogP contribution in [0.1, 0.15) is 35.7 Å². The van der Waals surface area contributed by atoms with Crippen molar-refractivity contribution in [3.63, 3.8) is 0 Å². The van der Waals surface area contributed by atoms with Crippen LogP contribution in [0.5, 0.6) is 0 Å². The van der Waals surface area contributed by atoms with E-state index in [2.05, 4.69) is 57.2 Å². The number of aliphatic imine (C=N–C) groups is 1. The average Bonchev–Trinajstić information content (AvgIpc) is 3.04. The first-order valence-electron chi connectivity index (χ1n) is 8.80. The number of aryl methyl sites for hydroxylation is 1. The van der Waals surface area contributed by atoms with E-state index in [9.17, 15) is 0 Å². The first-order chi connectivity index (χ1) is 12.2. The van der Waals surface area contributed by atoms with E-state index < -0.39 is 0 Å². The van der Waals surface area contributed by atoms with Crippen molar-refractivity contribution in [2.75, 3.05) is 19.7 Å². The molecule has 2 rings (SSSR count). The lowest BCUT2D eigenvalue weighted by Crippen LogP contribution is -2.38. The molecule has 0 aliphatic carbocycles. The molecular weight excluding hydrogens is 459 g/mol. The Hall–Kier alpha value is -1.19. The van der Waals surface area contributed by atoms with Crippen molar-refractivity contribution >= 4 is 41.3 Å². The molecule has 0 unspecified atom stereocenters. The molecule has 0 spiro atoms. The quantitative estimate of drug-likeness (QED) is 0.320. The van der Waals surface area contributed by atoms with Crippen LogP contribution in [0.2, 0.25) is 0 Å². The molecule has 0 saturated heterocycles. The number of thiazole rings is 1. The van der Waals surface area contributed by atoms with Gasteiger partial charge in [0.25, 0.3) is 0 Å². The fraction of sp³-hybridized carbons (Fsp3) is 0.474. The zero-order chi connectivity index (χ0) is 17.9. The van der Waals surface area contributed by atoms with Gasteiger partial charge in [0, 0.05) is 31.5 Å². The molecule has 0 bridgehead atoms. The lowest BCUT2D eigenvalue weighted by Gasteiger charge is -2.11. The van der Waals surface area contributed by atoms with Crippen LogP contribution < -0.4 is 10.6 Å². The highest BCUT2D eigenvalue weighted by atomic mass is 127. The molecule has 0 atom stereocenters. The summed E-state index contributed by atoms with van der Waals surface area (Å²) < 4.78 is 5.42. The van der Waals surface area contributed by atoms with E-state index in [1.807, 2.05) is 13.8 Å². The van der Waals surface area contributed by atoms with E-state index in [0.29, 0.717) is 13.2 Å². The first-order valence-corrected chi connectivity index (χ1v) is 9.68. The standard InChI is InChI=1S/C19H28N4OS.HI/c1-4-20-19(21-11-10-18-14-25-15(3)23-18)22-12-16-6-8-17(9-7-16)13-24-5-2;/h6-9,14H,4-5,10-13H2,1-3H3,(H2,20,21,22);1H. The molecule has 0 fully saturated rings. The summed E-state index contributed by atoms with van der Waals surface area (Å²) in [6, 6.07) is 8.43. The summed E-state index contributed by atoms with van der Waals surface area (Å²) >= 11 is 1.69. The number of ether oxygens (including phenoxy) is 1. The van der Waals surface area contributed by atoms with Gasteiger partial charge in [0.1, 0.15) is 0 Å². The Morgan fingerprint density at radius 1 is 1.15 bits per heavy atom. The van der Waals surface area contributed by atoms with E-state index in [-0.39, 0.29) is 24.0 Å². The number of halogens is 1. The van der Waals surface area contributed by atoms with Gasteiger partial charge in [-0.05, 0) is 31.9 Å². The number of benzene rings is 1. The number of hydrogen-bond acceptors (Lipinski definition) is 4. The van der Waals surface area contributed by atoms with Crippen LogP contribution in [0.3, 0.4) is 0 Å². The lowest BCUT2D eigenvalue weighted by molar-refractivity contribution is 0.134. The van der Waals surface area contributed by atoms with Gasteiger partial charge in [0.2, 0.25) is 0 Å². The average molecular weight is 488 g/mol. The van der Waals surface area contributed by atoms with Gasteiger partial charge in [-0.15, -0.1) is 35.3 Å². The Morgan fingerprint density at radius 3 is 2.50 bits per heavy atom. The topological polar surface area (TPSA) is 58.5 Å². The normalized spacial score (nSPS) is 11.1. The highest BCUT2D eigenvalue weighted by molar-refractivity contribution is 14.0. The van der Waals surface area contributed by atoms with Crippen molar-refractivity contribution < 1.29 is 4.74 Å². The van der Waals surface area contributed by atoms with E-state index in [4.69, 9.17) is 4.74 Å². The molecule has 1 heterocycles. The van der Waals surface area contributed by atoms with E-state index in [0.717, 1.165) is 42.8 Å². The molecule has 0 radical (unpaired) electrons. The van der Waals surface area contributed by atoms with Crippen LogP contribution in [-0.2, 0) is 24.3 Å². The molecule has 2 N–H and O–H groups in total. The van der Waals surface area contributed by atoms with Crippen LogP contribution in [0.15, 0.2) is 34.6 Å². The van der Waals surface area contributed by atoms with Crippen molar-refractivity contribution in [1.29, 1.82) is 0 Å². The zero-order valence-electron chi connectivity index (χ0n) is 15.7. The molecule has 0 aliphatic rings. The molecule has 144 valence electrons.